The van der Waals surface area contributed by atoms with Gasteiger partial charge in [0.2, 0.25) is 0 Å². The van der Waals surface area contributed by atoms with E-state index in [0.29, 0.717) is 5.56 Å². The Labute approximate surface area is 177 Å². The Balaban J connectivity index is 1.43. The number of amides is 1. The summed E-state index contributed by atoms with van der Waals surface area (Å²) in [6, 6.07) is 7.88. The van der Waals surface area contributed by atoms with E-state index < -0.39 is 4.92 Å². The summed E-state index contributed by atoms with van der Waals surface area (Å²) < 4.78 is 5.81. The monoisotopic (exact) mass is 426 g/mol. The zero-order valence-electron chi connectivity index (χ0n) is 16.0. The van der Waals surface area contributed by atoms with Crippen molar-refractivity contribution in [2.45, 2.75) is 44.2 Å². The van der Waals surface area contributed by atoms with Crippen LogP contribution in [-0.2, 0) is 12.8 Å². The Morgan fingerprint density at radius 1 is 1.23 bits per heavy atom. The van der Waals surface area contributed by atoms with Gasteiger partial charge in [0.15, 0.2) is 5.76 Å². The summed E-state index contributed by atoms with van der Waals surface area (Å²) in [6.07, 6.45) is 6.30. The lowest BCUT2D eigenvalue weighted by atomic mass is 9.92. The topological polar surface area (TPSA) is 105 Å². The number of hydrogen-bond donors (Lipinski definition) is 1. The van der Waals surface area contributed by atoms with Crippen molar-refractivity contribution in [2.24, 2.45) is 0 Å². The molecule has 0 bridgehead atoms. The molecule has 1 aromatic carbocycles. The Bertz CT molecular complexity index is 1130. The second kappa shape index (κ2) is 7.28. The van der Waals surface area contributed by atoms with Gasteiger partial charge in [-0.3, -0.25) is 20.0 Å². The van der Waals surface area contributed by atoms with Crippen LogP contribution >= 0.6 is 11.6 Å². The first-order valence-corrected chi connectivity index (χ1v) is 10.3. The molecule has 1 unspecified atom stereocenters. The quantitative estimate of drug-likeness (QED) is 0.481. The Hall–Kier alpha value is -3.13. The van der Waals surface area contributed by atoms with Crippen LogP contribution < -0.4 is 0 Å². The van der Waals surface area contributed by atoms with E-state index in [9.17, 15) is 14.9 Å². The van der Waals surface area contributed by atoms with Gasteiger partial charge in [0.25, 0.3) is 11.6 Å². The number of rotatable bonds is 5. The summed E-state index contributed by atoms with van der Waals surface area (Å²) in [7, 11) is 0. The molecule has 0 aliphatic heterocycles. The molecule has 2 aromatic heterocycles. The van der Waals surface area contributed by atoms with Gasteiger partial charge in [-0.25, -0.2) is 0 Å². The van der Waals surface area contributed by atoms with Gasteiger partial charge < -0.3 is 9.32 Å². The van der Waals surface area contributed by atoms with Crippen LogP contribution in [0.2, 0.25) is 5.02 Å². The van der Waals surface area contributed by atoms with Crippen molar-refractivity contribution in [1.82, 2.24) is 15.1 Å². The number of carbonyl (C=O) groups is 1. The fourth-order valence-corrected chi connectivity index (χ4v) is 4.37. The molecule has 0 spiro atoms. The zero-order valence-corrected chi connectivity index (χ0v) is 16.8. The summed E-state index contributed by atoms with van der Waals surface area (Å²) in [6.45, 7) is 0. The molecule has 9 heteroatoms. The van der Waals surface area contributed by atoms with Gasteiger partial charge in [-0.1, -0.05) is 11.6 Å². The molecule has 1 saturated carbocycles. The second-order valence-electron chi connectivity index (χ2n) is 7.80. The minimum atomic E-state index is -0.508. The van der Waals surface area contributed by atoms with Crippen LogP contribution in [0.15, 0.2) is 40.9 Å². The predicted molar refractivity (Wildman–Crippen MR) is 109 cm³/mol. The molecular formula is C21H19ClN4O4. The summed E-state index contributed by atoms with van der Waals surface area (Å²) in [5.41, 5.74) is 2.43. The Morgan fingerprint density at radius 2 is 2.07 bits per heavy atom. The van der Waals surface area contributed by atoms with E-state index in [4.69, 9.17) is 16.0 Å². The summed E-state index contributed by atoms with van der Waals surface area (Å²) in [5.74, 6) is 0.301. The first-order chi connectivity index (χ1) is 14.5. The average Bonchev–Trinajstić information content (AvgIpc) is 3.25. The molecular weight excluding hydrogens is 408 g/mol. The Morgan fingerprint density at radius 3 is 2.83 bits per heavy atom. The third-order valence-corrected chi connectivity index (χ3v) is 6.03. The number of nitro benzene ring substituents is 1. The van der Waals surface area contributed by atoms with E-state index >= 15 is 0 Å². The number of carbonyl (C=O) groups excluding carboxylic acids is 1. The molecule has 2 aliphatic carbocycles. The smallest absolute Gasteiger partial charge is 0.290 e. The molecule has 2 aliphatic rings. The van der Waals surface area contributed by atoms with Gasteiger partial charge in [-0.05, 0) is 61.9 Å². The number of aryl methyl sites for hydroxylation is 1. The van der Waals surface area contributed by atoms with Crippen LogP contribution in [0, 0.1) is 10.1 Å². The second-order valence-corrected chi connectivity index (χ2v) is 8.23. The lowest BCUT2D eigenvalue weighted by Crippen LogP contribution is -2.44. The minimum Gasteiger partial charge on any atom is -0.451 e. The van der Waals surface area contributed by atoms with E-state index in [1.165, 1.54) is 12.1 Å². The van der Waals surface area contributed by atoms with Gasteiger partial charge in [0.05, 0.1) is 16.7 Å². The maximum Gasteiger partial charge on any atom is 0.290 e. The molecule has 5 rings (SSSR count). The van der Waals surface area contributed by atoms with Crippen molar-refractivity contribution < 1.29 is 14.1 Å². The van der Waals surface area contributed by atoms with E-state index in [0.717, 1.165) is 43.4 Å². The standard InChI is InChI=1S/C21H19ClN4O4/c22-13-1-5-16(18(10-13)26(28)29)19-7-8-20(30-19)21(27)25(14-2-3-14)15-4-6-17-12(9-15)11-23-24-17/h1,5,7-8,10-11,14-15H,2-4,6,9H2,(H,23,24). The van der Waals surface area contributed by atoms with Crippen LogP contribution in [0.4, 0.5) is 5.69 Å². The first-order valence-electron chi connectivity index (χ1n) is 9.89. The summed E-state index contributed by atoms with van der Waals surface area (Å²) in [5, 5.41) is 18.8. The molecule has 30 heavy (non-hydrogen) atoms. The highest BCUT2D eigenvalue weighted by Gasteiger charge is 2.40. The highest BCUT2D eigenvalue weighted by Crippen LogP contribution is 2.37. The van der Waals surface area contributed by atoms with Gasteiger partial charge in [-0.15, -0.1) is 0 Å². The van der Waals surface area contributed by atoms with Gasteiger partial charge in [0.1, 0.15) is 5.76 Å². The number of fused-ring (bicyclic) bond motifs is 1. The van der Waals surface area contributed by atoms with Crippen molar-refractivity contribution in [1.29, 1.82) is 0 Å². The molecule has 1 amide bonds. The zero-order chi connectivity index (χ0) is 20.8. The minimum absolute atomic E-state index is 0.0912. The van der Waals surface area contributed by atoms with E-state index in [-0.39, 0.29) is 40.2 Å². The number of nitrogens with zero attached hydrogens (tertiary/aromatic N) is 3. The van der Waals surface area contributed by atoms with Crippen LogP contribution in [-0.4, -0.2) is 38.0 Å². The fourth-order valence-electron chi connectivity index (χ4n) is 4.21. The van der Waals surface area contributed by atoms with Gasteiger partial charge >= 0.3 is 0 Å². The third-order valence-electron chi connectivity index (χ3n) is 5.80. The number of nitrogens with one attached hydrogen (secondary N) is 1. The molecule has 1 fully saturated rings. The normalized spacial score (nSPS) is 18.1. The maximum absolute atomic E-state index is 13.3. The van der Waals surface area contributed by atoms with E-state index in [1.807, 2.05) is 11.1 Å². The molecule has 8 nitrogen and oxygen atoms in total. The number of nitro groups is 1. The number of benzene rings is 1. The molecule has 2 heterocycles. The number of H-pyrrole nitrogens is 1. The van der Waals surface area contributed by atoms with Crippen molar-refractivity contribution in [3.63, 3.8) is 0 Å². The van der Waals surface area contributed by atoms with Gasteiger partial charge in [0, 0.05) is 28.9 Å². The van der Waals surface area contributed by atoms with Crippen LogP contribution in [0.25, 0.3) is 11.3 Å². The van der Waals surface area contributed by atoms with Crippen LogP contribution in [0.5, 0.6) is 0 Å². The first kappa shape index (κ1) is 18.9. The average molecular weight is 427 g/mol. The number of aromatic amines is 1. The molecule has 0 radical (unpaired) electrons. The van der Waals surface area contributed by atoms with E-state index in [2.05, 4.69) is 10.2 Å². The summed E-state index contributed by atoms with van der Waals surface area (Å²) >= 11 is 5.90. The van der Waals surface area contributed by atoms with Crippen LogP contribution in [0.3, 0.4) is 0 Å². The molecule has 1 atom stereocenters. The molecule has 1 N–H and O–H groups in total. The van der Waals surface area contributed by atoms with Crippen molar-refractivity contribution in [2.75, 3.05) is 0 Å². The molecule has 0 saturated heterocycles. The Kier molecular flexibility index (Phi) is 4.58. The highest BCUT2D eigenvalue weighted by molar-refractivity contribution is 6.30. The number of halogens is 1. The van der Waals surface area contributed by atoms with Crippen LogP contribution in [0.1, 0.15) is 41.1 Å². The van der Waals surface area contributed by atoms with Crippen molar-refractivity contribution in [3.8, 4) is 11.3 Å². The fraction of sp³-hybridized carbons (Fsp3) is 0.333. The third kappa shape index (κ3) is 3.37. The van der Waals surface area contributed by atoms with E-state index in [1.54, 1.807) is 18.2 Å². The molecule has 154 valence electrons. The lowest BCUT2D eigenvalue weighted by molar-refractivity contribution is -0.384. The van der Waals surface area contributed by atoms with Crippen molar-refractivity contribution in [3.05, 3.63) is 68.7 Å². The SMILES string of the molecule is O=C(c1ccc(-c2ccc(Cl)cc2[N+](=O)[O-])o1)N(C1CC1)C1CCc2[nH]ncc2C1. The predicted octanol–water partition coefficient (Wildman–Crippen LogP) is 4.39. The molecule has 3 aromatic rings. The van der Waals surface area contributed by atoms with Crippen molar-refractivity contribution >= 4 is 23.2 Å². The number of hydrogen-bond acceptors (Lipinski definition) is 5. The number of furan rings is 1. The summed E-state index contributed by atoms with van der Waals surface area (Å²) in [4.78, 5) is 26.2. The highest BCUT2D eigenvalue weighted by atomic mass is 35.5. The number of aromatic nitrogens is 2. The lowest BCUT2D eigenvalue weighted by Gasteiger charge is -2.33. The maximum atomic E-state index is 13.3. The van der Waals surface area contributed by atoms with Gasteiger partial charge in [-0.2, -0.15) is 5.10 Å². The largest absolute Gasteiger partial charge is 0.451 e.